The summed E-state index contributed by atoms with van der Waals surface area (Å²) in [6.07, 6.45) is 1.19. The third-order valence-corrected chi connectivity index (χ3v) is 4.18. The Bertz CT molecular complexity index is 846. The number of carboxylic acid groups (broad SMARTS) is 1. The summed E-state index contributed by atoms with van der Waals surface area (Å²) in [4.78, 5) is 23.0. The molecule has 0 aliphatic carbocycles. The number of carboxylic acids is 1. The third kappa shape index (κ3) is 4.22. The van der Waals surface area contributed by atoms with Gasteiger partial charge in [0.1, 0.15) is 6.61 Å². The third-order valence-electron chi connectivity index (χ3n) is 4.18. The quantitative estimate of drug-likeness (QED) is 0.768. The number of aliphatic carboxylic acids is 1. The molecule has 134 valence electrons. The van der Waals surface area contributed by atoms with Crippen LogP contribution in [0.4, 0.5) is 10.5 Å². The van der Waals surface area contributed by atoms with Crippen molar-refractivity contribution in [2.75, 3.05) is 11.9 Å². The van der Waals surface area contributed by atoms with Crippen LogP contribution in [-0.4, -0.2) is 23.7 Å². The van der Waals surface area contributed by atoms with E-state index in [1.54, 1.807) is 12.1 Å². The molecule has 2 aromatic carbocycles. The molecule has 3 rings (SSSR count). The van der Waals surface area contributed by atoms with Crippen LogP contribution in [0.3, 0.4) is 0 Å². The van der Waals surface area contributed by atoms with E-state index in [2.05, 4.69) is 10.6 Å². The zero-order valence-corrected chi connectivity index (χ0v) is 14.4. The first-order chi connectivity index (χ1) is 12.5. The highest BCUT2D eigenvalue weighted by Gasteiger charge is 2.22. The monoisotopic (exact) mass is 352 g/mol. The Kier molecular flexibility index (Phi) is 5.22. The first-order valence-corrected chi connectivity index (χ1v) is 8.30. The van der Waals surface area contributed by atoms with E-state index in [1.165, 1.54) is 0 Å². The fourth-order valence-corrected chi connectivity index (χ4v) is 2.74. The van der Waals surface area contributed by atoms with Gasteiger partial charge in [-0.1, -0.05) is 36.4 Å². The molecule has 0 saturated heterocycles. The number of ether oxygens (including phenoxy) is 1. The number of amides is 1. The summed E-state index contributed by atoms with van der Waals surface area (Å²) in [6.45, 7) is 2.47. The molecule has 1 amide bonds. The minimum absolute atomic E-state index is 0.206. The number of benzene rings is 2. The van der Waals surface area contributed by atoms with E-state index in [0.29, 0.717) is 12.2 Å². The molecular formula is C20H20N2O4. The van der Waals surface area contributed by atoms with Gasteiger partial charge < -0.3 is 15.2 Å². The number of rotatable bonds is 5. The van der Waals surface area contributed by atoms with E-state index in [-0.39, 0.29) is 6.61 Å². The molecule has 0 saturated carbocycles. The minimum Gasteiger partial charge on any atom is -0.481 e. The van der Waals surface area contributed by atoms with Crippen LogP contribution in [0.1, 0.15) is 16.7 Å². The van der Waals surface area contributed by atoms with Crippen molar-refractivity contribution in [3.05, 3.63) is 71.3 Å². The van der Waals surface area contributed by atoms with Crippen LogP contribution < -0.4 is 10.6 Å². The van der Waals surface area contributed by atoms with Crippen LogP contribution in [0, 0.1) is 12.8 Å². The largest absolute Gasteiger partial charge is 0.481 e. The van der Waals surface area contributed by atoms with Crippen molar-refractivity contribution in [2.24, 2.45) is 5.92 Å². The molecular weight excluding hydrogens is 332 g/mol. The fourth-order valence-electron chi connectivity index (χ4n) is 2.74. The van der Waals surface area contributed by atoms with E-state index in [0.717, 1.165) is 22.4 Å². The van der Waals surface area contributed by atoms with Gasteiger partial charge in [0.15, 0.2) is 0 Å². The number of carbonyl (C=O) groups is 2. The molecule has 0 fully saturated rings. The van der Waals surface area contributed by atoms with Crippen molar-refractivity contribution < 1.29 is 19.4 Å². The predicted molar refractivity (Wildman–Crippen MR) is 98.5 cm³/mol. The molecule has 0 aromatic heterocycles. The van der Waals surface area contributed by atoms with Gasteiger partial charge in [-0.05, 0) is 41.8 Å². The molecule has 0 spiro atoms. The Hall–Kier alpha value is -3.28. The Labute approximate surface area is 151 Å². The molecule has 0 bridgehead atoms. The lowest BCUT2D eigenvalue weighted by Gasteiger charge is -2.12. The predicted octanol–water partition coefficient (Wildman–Crippen LogP) is 3.39. The Morgan fingerprint density at radius 2 is 2.00 bits per heavy atom. The maximum Gasteiger partial charge on any atom is 0.411 e. The standard InChI is InChI=1S/C20H20N2O4/c1-13-9-15(18-10-16(11-21-18)19(23)24)7-8-17(13)22-20(25)26-12-14-5-3-2-4-6-14/h2-10,16,21H,11-12H2,1H3,(H,22,25)(H,23,24). The normalized spacial score (nSPS) is 15.7. The summed E-state index contributed by atoms with van der Waals surface area (Å²) in [5.74, 6) is -1.36. The van der Waals surface area contributed by atoms with Crippen LogP contribution in [0.5, 0.6) is 0 Å². The molecule has 0 radical (unpaired) electrons. The van der Waals surface area contributed by atoms with Gasteiger partial charge in [0.25, 0.3) is 0 Å². The summed E-state index contributed by atoms with van der Waals surface area (Å²) in [5.41, 5.74) is 4.11. The Balaban J connectivity index is 1.62. The van der Waals surface area contributed by atoms with E-state index >= 15 is 0 Å². The number of nitrogens with one attached hydrogen (secondary N) is 2. The van der Waals surface area contributed by atoms with E-state index in [9.17, 15) is 9.59 Å². The van der Waals surface area contributed by atoms with Gasteiger partial charge in [-0.25, -0.2) is 4.79 Å². The number of carbonyl (C=O) groups excluding carboxylic acids is 1. The van der Waals surface area contributed by atoms with Crippen LogP contribution in [0.25, 0.3) is 5.70 Å². The van der Waals surface area contributed by atoms with E-state index in [4.69, 9.17) is 9.84 Å². The fraction of sp³-hybridized carbons (Fsp3) is 0.200. The zero-order chi connectivity index (χ0) is 18.5. The lowest BCUT2D eigenvalue weighted by atomic mass is 10.1. The van der Waals surface area contributed by atoms with Crippen LogP contribution in [0.15, 0.2) is 54.6 Å². The summed E-state index contributed by atoms with van der Waals surface area (Å²) in [5, 5.41) is 14.9. The number of hydrogen-bond acceptors (Lipinski definition) is 4. The Morgan fingerprint density at radius 1 is 1.23 bits per heavy atom. The highest BCUT2D eigenvalue weighted by atomic mass is 16.5. The van der Waals surface area contributed by atoms with Gasteiger partial charge in [-0.15, -0.1) is 0 Å². The average molecular weight is 352 g/mol. The summed E-state index contributed by atoms with van der Waals surface area (Å²) >= 11 is 0. The molecule has 2 aromatic rings. The molecule has 1 unspecified atom stereocenters. The first-order valence-electron chi connectivity index (χ1n) is 8.30. The van der Waals surface area contributed by atoms with Crippen LogP contribution in [-0.2, 0) is 16.1 Å². The smallest absolute Gasteiger partial charge is 0.411 e. The topological polar surface area (TPSA) is 87.7 Å². The molecule has 6 nitrogen and oxygen atoms in total. The van der Waals surface area contributed by atoms with Crippen LogP contribution >= 0.6 is 0 Å². The summed E-state index contributed by atoms with van der Waals surface area (Å²) < 4.78 is 5.22. The molecule has 1 atom stereocenters. The van der Waals surface area contributed by atoms with Crippen molar-refractivity contribution in [3.63, 3.8) is 0 Å². The molecule has 1 aliphatic rings. The molecule has 1 heterocycles. The van der Waals surface area contributed by atoms with Crippen molar-refractivity contribution in [1.29, 1.82) is 0 Å². The van der Waals surface area contributed by atoms with Gasteiger partial charge in [-0.3, -0.25) is 10.1 Å². The van der Waals surface area contributed by atoms with E-state index in [1.807, 2.05) is 49.4 Å². The highest BCUT2D eigenvalue weighted by molar-refractivity contribution is 5.86. The second-order valence-corrected chi connectivity index (χ2v) is 6.12. The SMILES string of the molecule is Cc1cc(C2=CC(C(=O)O)CN2)ccc1NC(=O)OCc1ccccc1. The number of hydrogen-bond donors (Lipinski definition) is 3. The lowest BCUT2D eigenvalue weighted by Crippen LogP contribution is -2.18. The average Bonchev–Trinajstić information content (AvgIpc) is 3.13. The van der Waals surface area contributed by atoms with Gasteiger partial charge in [0.05, 0.1) is 5.92 Å². The highest BCUT2D eigenvalue weighted by Crippen LogP contribution is 2.24. The van der Waals surface area contributed by atoms with Gasteiger partial charge in [-0.2, -0.15) is 0 Å². The summed E-state index contributed by atoms with van der Waals surface area (Å²) in [7, 11) is 0. The van der Waals surface area contributed by atoms with Crippen molar-refractivity contribution in [3.8, 4) is 0 Å². The van der Waals surface area contributed by atoms with Crippen molar-refractivity contribution >= 4 is 23.4 Å². The van der Waals surface area contributed by atoms with Crippen molar-refractivity contribution in [2.45, 2.75) is 13.5 Å². The van der Waals surface area contributed by atoms with Gasteiger partial charge in [0.2, 0.25) is 0 Å². The molecule has 26 heavy (non-hydrogen) atoms. The molecule has 6 heteroatoms. The van der Waals surface area contributed by atoms with E-state index < -0.39 is 18.0 Å². The molecule has 3 N–H and O–H groups in total. The van der Waals surface area contributed by atoms with Gasteiger partial charge in [0, 0.05) is 17.9 Å². The summed E-state index contributed by atoms with van der Waals surface area (Å²) in [6, 6.07) is 15.0. The van der Waals surface area contributed by atoms with Gasteiger partial charge >= 0.3 is 12.1 Å². The Morgan fingerprint density at radius 3 is 2.65 bits per heavy atom. The second-order valence-electron chi connectivity index (χ2n) is 6.12. The number of anilines is 1. The minimum atomic E-state index is -0.844. The van der Waals surface area contributed by atoms with Crippen molar-refractivity contribution in [1.82, 2.24) is 5.32 Å². The lowest BCUT2D eigenvalue weighted by molar-refractivity contribution is -0.139. The second kappa shape index (κ2) is 7.74. The molecule has 1 aliphatic heterocycles. The van der Waals surface area contributed by atoms with Crippen LogP contribution in [0.2, 0.25) is 0 Å². The maximum atomic E-state index is 12.0. The first kappa shape index (κ1) is 17.5. The number of aryl methyl sites for hydroxylation is 1. The zero-order valence-electron chi connectivity index (χ0n) is 14.4. The maximum absolute atomic E-state index is 12.0.